The molecular formula is C28H32N4O7S. The summed E-state index contributed by atoms with van der Waals surface area (Å²) in [4.78, 5) is 39.6. The molecule has 1 atom stereocenters. The second-order valence-electron chi connectivity index (χ2n) is 8.86. The Morgan fingerprint density at radius 3 is 2.50 bits per heavy atom. The van der Waals surface area contributed by atoms with E-state index in [1.807, 2.05) is 24.3 Å². The van der Waals surface area contributed by atoms with Crippen LogP contribution < -0.4 is 20.9 Å². The average molecular weight is 569 g/mol. The van der Waals surface area contributed by atoms with Crippen molar-refractivity contribution >= 4 is 38.5 Å². The van der Waals surface area contributed by atoms with Gasteiger partial charge in [-0.3, -0.25) is 19.6 Å². The molecule has 0 fully saturated rings. The van der Waals surface area contributed by atoms with E-state index in [0.29, 0.717) is 12.2 Å². The topological polar surface area (TPSA) is 167 Å². The van der Waals surface area contributed by atoms with E-state index in [4.69, 9.17) is 9.94 Å². The van der Waals surface area contributed by atoms with Gasteiger partial charge in [0.15, 0.2) is 9.84 Å². The van der Waals surface area contributed by atoms with Crippen molar-refractivity contribution in [1.29, 1.82) is 0 Å². The van der Waals surface area contributed by atoms with Gasteiger partial charge in [-0.2, -0.15) is 0 Å². The molecule has 40 heavy (non-hydrogen) atoms. The van der Waals surface area contributed by atoms with Crippen molar-refractivity contribution in [3.05, 3.63) is 60.3 Å². The Bertz CT molecular complexity index is 1490. The lowest BCUT2D eigenvalue weighted by atomic mass is 10.1. The summed E-state index contributed by atoms with van der Waals surface area (Å²) in [5, 5.41) is 13.8. The van der Waals surface area contributed by atoms with Gasteiger partial charge in [0.1, 0.15) is 17.6 Å². The highest BCUT2D eigenvalue weighted by Gasteiger charge is 2.33. The number of unbranched alkanes of at least 4 members (excludes halogenated alkanes) is 1. The van der Waals surface area contributed by atoms with Crippen LogP contribution in [0.5, 0.6) is 5.75 Å². The van der Waals surface area contributed by atoms with Crippen LogP contribution >= 0.6 is 0 Å². The van der Waals surface area contributed by atoms with Gasteiger partial charge in [-0.15, -0.1) is 5.92 Å². The van der Waals surface area contributed by atoms with Crippen LogP contribution in [0.1, 0.15) is 31.7 Å². The van der Waals surface area contributed by atoms with Crippen molar-refractivity contribution in [3.8, 4) is 17.6 Å². The SMILES string of the molecule is CC#CCOc1ccc(S(=O)(=O)C(CCCCNC(=O)CNC(=O)Cc2c[nH]c3ccccc23)C(=O)NO)cc1. The molecule has 1 unspecified atom stereocenters. The molecule has 5 N–H and O–H groups in total. The summed E-state index contributed by atoms with van der Waals surface area (Å²) in [6.45, 7) is 1.85. The summed E-state index contributed by atoms with van der Waals surface area (Å²) in [5.74, 6) is 4.11. The molecule has 0 radical (unpaired) electrons. The van der Waals surface area contributed by atoms with E-state index in [0.717, 1.165) is 16.5 Å². The molecule has 0 aliphatic rings. The van der Waals surface area contributed by atoms with Crippen molar-refractivity contribution in [2.45, 2.75) is 42.8 Å². The first kappa shape index (κ1) is 30.2. The lowest BCUT2D eigenvalue weighted by molar-refractivity contribution is -0.129. The Balaban J connectivity index is 1.42. The normalized spacial score (nSPS) is 11.7. The van der Waals surface area contributed by atoms with Crippen LogP contribution in [0, 0.1) is 11.8 Å². The Morgan fingerprint density at radius 2 is 1.77 bits per heavy atom. The second kappa shape index (κ2) is 14.7. The standard InChI is InChI=1S/C28H32N4O7S/c1-2-3-16-39-21-11-13-22(14-12-21)40(37,38)25(28(35)32-36)10-6-7-15-29-27(34)19-31-26(33)17-20-18-30-24-9-5-4-8-23(20)24/h4-5,8-9,11-14,18,25,30,36H,6-7,10,15-17,19H2,1H3,(H,29,34)(H,31,33)(H,32,35). The van der Waals surface area contributed by atoms with Crippen LogP contribution in [-0.2, 0) is 30.6 Å². The van der Waals surface area contributed by atoms with Gasteiger partial charge in [0.25, 0.3) is 5.91 Å². The number of fused-ring (bicyclic) bond motifs is 1. The van der Waals surface area contributed by atoms with Crippen molar-refractivity contribution in [2.24, 2.45) is 0 Å². The number of sulfone groups is 1. The van der Waals surface area contributed by atoms with Gasteiger partial charge >= 0.3 is 0 Å². The highest BCUT2D eigenvalue weighted by molar-refractivity contribution is 7.92. The number of amides is 3. The average Bonchev–Trinajstić information content (AvgIpc) is 3.36. The molecule has 1 heterocycles. The molecule has 3 aromatic rings. The second-order valence-corrected chi connectivity index (χ2v) is 11.0. The Morgan fingerprint density at radius 1 is 1.02 bits per heavy atom. The maximum atomic E-state index is 13.1. The van der Waals surface area contributed by atoms with Gasteiger partial charge in [0, 0.05) is 23.6 Å². The molecule has 2 aromatic carbocycles. The first-order valence-corrected chi connectivity index (χ1v) is 14.2. The first-order valence-electron chi connectivity index (χ1n) is 12.6. The third kappa shape index (κ3) is 8.33. The molecule has 212 valence electrons. The van der Waals surface area contributed by atoms with Crippen LogP contribution in [0.2, 0.25) is 0 Å². The van der Waals surface area contributed by atoms with E-state index in [9.17, 15) is 22.8 Å². The Hall–Kier alpha value is -4.34. The van der Waals surface area contributed by atoms with Crippen molar-refractivity contribution in [3.63, 3.8) is 0 Å². The summed E-state index contributed by atoms with van der Waals surface area (Å²) in [7, 11) is -4.10. The van der Waals surface area contributed by atoms with Gasteiger partial charge in [0.2, 0.25) is 11.8 Å². The molecule has 0 saturated heterocycles. The number of hydroxylamine groups is 1. The molecule has 3 rings (SSSR count). The van der Waals surface area contributed by atoms with E-state index in [-0.39, 0.29) is 49.8 Å². The zero-order valence-electron chi connectivity index (χ0n) is 22.0. The summed E-state index contributed by atoms with van der Waals surface area (Å²) in [5.41, 5.74) is 3.18. The largest absolute Gasteiger partial charge is 0.481 e. The fourth-order valence-corrected chi connectivity index (χ4v) is 5.67. The zero-order valence-corrected chi connectivity index (χ0v) is 22.8. The number of hydrogen-bond acceptors (Lipinski definition) is 7. The summed E-state index contributed by atoms with van der Waals surface area (Å²) in [6.07, 6.45) is 2.48. The number of carbonyl (C=O) groups excluding carboxylic acids is 3. The lowest BCUT2D eigenvalue weighted by Gasteiger charge is -2.16. The van der Waals surface area contributed by atoms with E-state index >= 15 is 0 Å². The number of aromatic amines is 1. The highest BCUT2D eigenvalue weighted by Crippen LogP contribution is 2.23. The van der Waals surface area contributed by atoms with Crippen LogP contribution in [0.4, 0.5) is 0 Å². The number of nitrogens with one attached hydrogen (secondary N) is 4. The van der Waals surface area contributed by atoms with Gasteiger partial charge < -0.3 is 20.4 Å². The third-order valence-electron chi connectivity index (χ3n) is 6.10. The summed E-state index contributed by atoms with van der Waals surface area (Å²) in [6, 6.07) is 13.2. The third-order valence-corrected chi connectivity index (χ3v) is 8.23. The number of para-hydroxylation sites is 1. The fraction of sp³-hybridized carbons (Fsp3) is 0.321. The molecule has 0 aliphatic carbocycles. The molecule has 1 aromatic heterocycles. The minimum atomic E-state index is -4.10. The molecule has 11 nitrogen and oxygen atoms in total. The van der Waals surface area contributed by atoms with Crippen LogP contribution in [0.15, 0.2) is 59.6 Å². The molecule has 3 amide bonds. The maximum absolute atomic E-state index is 13.1. The van der Waals surface area contributed by atoms with E-state index in [2.05, 4.69) is 27.5 Å². The zero-order chi connectivity index (χ0) is 29.0. The number of carbonyl (C=O) groups is 3. The Labute approximate surface area is 232 Å². The summed E-state index contributed by atoms with van der Waals surface area (Å²) < 4.78 is 31.5. The lowest BCUT2D eigenvalue weighted by Crippen LogP contribution is -2.39. The first-order chi connectivity index (χ1) is 19.3. The predicted octanol–water partition coefficient (Wildman–Crippen LogP) is 1.86. The van der Waals surface area contributed by atoms with Crippen molar-refractivity contribution in [2.75, 3.05) is 19.7 Å². The van der Waals surface area contributed by atoms with E-state index in [1.165, 1.54) is 29.7 Å². The van der Waals surface area contributed by atoms with Crippen molar-refractivity contribution in [1.82, 2.24) is 21.1 Å². The van der Waals surface area contributed by atoms with Crippen LogP contribution in [0.25, 0.3) is 10.9 Å². The fourth-order valence-electron chi connectivity index (χ4n) is 4.02. The predicted molar refractivity (Wildman–Crippen MR) is 148 cm³/mol. The Kier molecular flexibility index (Phi) is 11.1. The van der Waals surface area contributed by atoms with Gasteiger partial charge in [0.05, 0.1) is 17.9 Å². The van der Waals surface area contributed by atoms with E-state index in [1.54, 1.807) is 13.1 Å². The highest BCUT2D eigenvalue weighted by atomic mass is 32.2. The number of H-pyrrole nitrogens is 1. The monoisotopic (exact) mass is 568 g/mol. The molecule has 0 aliphatic heterocycles. The number of ether oxygens (including phenoxy) is 1. The molecule has 0 bridgehead atoms. The van der Waals surface area contributed by atoms with Gasteiger partial charge in [-0.1, -0.05) is 24.1 Å². The molecule has 0 spiro atoms. The summed E-state index contributed by atoms with van der Waals surface area (Å²) >= 11 is 0. The number of hydrogen-bond donors (Lipinski definition) is 5. The smallest absolute Gasteiger partial charge is 0.262 e. The van der Waals surface area contributed by atoms with Gasteiger partial charge in [-0.05, 0) is 62.1 Å². The number of aromatic nitrogens is 1. The maximum Gasteiger partial charge on any atom is 0.262 e. The number of benzene rings is 2. The molecular weight excluding hydrogens is 536 g/mol. The quantitative estimate of drug-likeness (QED) is 0.0856. The van der Waals surface area contributed by atoms with Crippen LogP contribution in [-0.4, -0.2) is 61.3 Å². The molecule has 0 saturated carbocycles. The minimum absolute atomic E-state index is 0.0731. The number of rotatable bonds is 14. The van der Waals surface area contributed by atoms with E-state index < -0.39 is 26.9 Å². The minimum Gasteiger partial charge on any atom is -0.481 e. The van der Waals surface area contributed by atoms with Gasteiger partial charge in [-0.25, -0.2) is 13.9 Å². The van der Waals surface area contributed by atoms with Crippen molar-refractivity contribution < 1.29 is 32.7 Å². The molecule has 12 heteroatoms. The van der Waals surface area contributed by atoms with Crippen LogP contribution in [0.3, 0.4) is 0 Å².